The molecule has 6 aliphatic rings. The summed E-state index contributed by atoms with van der Waals surface area (Å²) in [6.07, 6.45) is 5.98. The van der Waals surface area contributed by atoms with Crippen molar-refractivity contribution in [3.8, 4) is 0 Å². The van der Waals surface area contributed by atoms with Crippen LogP contribution < -0.4 is 0 Å². The van der Waals surface area contributed by atoms with E-state index in [1.807, 2.05) is 0 Å². The van der Waals surface area contributed by atoms with Crippen LogP contribution in [0.1, 0.15) is 113 Å². The van der Waals surface area contributed by atoms with Gasteiger partial charge in [-0.25, -0.2) is 0 Å². The van der Waals surface area contributed by atoms with Crippen molar-refractivity contribution in [3.05, 3.63) is 11.6 Å². The standard InChI is InChI=1S/C37H58O9/c1-21(39)45-29-28(41)24(40)19-44-30(29)46-27-11-12-33(4)25(34(27,5)20-38)10-13-36(7)26(33)9-8-22-23-18-32(2,3)14-16-37(23,31(42)43)17-15-35(22,36)6/h8,23-30,38,40-41H,9-20H2,1-7H3,(H,42,43). The summed E-state index contributed by atoms with van der Waals surface area (Å²) in [7, 11) is 0. The minimum Gasteiger partial charge on any atom is -0.481 e. The fourth-order valence-corrected chi connectivity index (χ4v) is 12.2. The second kappa shape index (κ2) is 11.3. The van der Waals surface area contributed by atoms with Crippen LogP contribution in [0.15, 0.2) is 11.6 Å². The quantitative estimate of drug-likeness (QED) is 0.179. The zero-order valence-corrected chi connectivity index (χ0v) is 29.0. The first kappa shape index (κ1) is 34.3. The number of carbonyl (C=O) groups excluding carboxylic acids is 1. The molecule has 0 aromatic rings. The van der Waals surface area contributed by atoms with Crippen molar-refractivity contribution < 1.29 is 44.2 Å². The highest BCUT2D eigenvalue weighted by atomic mass is 16.7. The Morgan fingerprint density at radius 2 is 1.65 bits per heavy atom. The smallest absolute Gasteiger partial charge is 0.310 e. The van der Waals surface area contributed by atoms with Gasteiger partial charge in [-0.15, -0.1) is 0 Å². The van der Waals surface area contributed by atoms with Gasteiger partial charge in [0.15, 0.2) is 12.4 Å². The number of allylic oxidation sites excluding steroid dienone is 2. The summed E-state index contributed by atoms with van der Waals surface area (Å²) in [5, 5.41) is 42.6. The minimum atomic E-state index is -1.33. The van der Waals surface area contributed by atoms with E-state index >= 15 is 0 Å². The Balaban J connectivity index is 1.31. The van der Waals surface area contributed by atoms with Crippen molar-refractivity contribution in [2.75, 3.05) is 13.2 Å². The number of aliphatic hydroxyl groups excluding tert-OH is 3. The number of hydrogen-bond donors (Lipinski definition) is 4. The van der Waals surface area contributed by atoms with Crippen LogP contribution in [-0.2, 0) is 23.8 Å². The van der Waals surface area contributed by atoms with E-state index in [9.17, 15) is 30.0 Å². The molecule has 0 aromatic carbocycles. The van der Waals surface area contributed by atoms with Crippen LogP contribution in [0.25, 0.3) is 0 Å². The number of carboxylic acids is 1. The first-order chi connectivity index (χ1) is 21.4. The highest BCUT2D eigenvalue weighted by molar-refractivity contribution is 5.76. The van der Waals surface area contributed by atoms with Gasteiger partial charge in [0.25, 0.3) is 0 Å². The molecule has 260 valence electrons. The topological polar surface area (TPSA) is 143 Å². The van der Waals surface area contributed by atoms with E-state index in [1.54, 1.807) is 0 Å². The molecule has 6 rings (SSSR count). The molecule has 1 aliphatic heterocycles. The second-order valence-electron chi connectivity index (χ2n) is 17.8. The summed E-state index contributed by atoms with van der Waals surface area (Å²) in [6, 6.07) is 0. The van der Waals surface area contributed by atoms with Gasteiger partial charge in [-0.3, -0.25) is 9.59 Å². The molecule has 9 heteroatoms. The van der Waals surface area contributed by atoms with Crippen LogP contribution in [0.5, 0.6) is 0 Å². The number of carboxylic acid groups (broad SMARTS) is 1. The predicted octanol–water partition coefficient (Wildman–Crippen LogP) is 5.24. The van der Waals surface area contributed by atoms with Gasteiger partial charge < -0.3 is 34.6 Å². The molecule has 9 nitrogen and oxygen atoms in total. The first-order valence-corrected chi connectivity index (χ1v) is 17.7. The van der Waals surface area contributed by atoms with Crippen LogP contribution in [0.4, 0.5) is 0 Å². The van der Waals surface area contributed by atoms with Crippen molar-refractivity contribution in [2.45, 2.75) is 143 Å². The molecular weight excluding hydrogens is 588 g/mol. The summed E-state index contributed by atoms with van der Waals surface area (Å²) in [4.78, 5) is 24.8. The number of fused-ring (bicyclic) bond motifs is 7. The van der Waals surface area contributed by atoms with Gasteiger partial charge in [0.05, 0.1) is 24.7 Å². The Morgan fingerprint density at radius 3 is 2.30 bits per heavy atom. The molecule has 0 amide bonds. The maximum absolute atomic E-state index is 13.0. The highest BCUT2D eigenvalue weighted by Gasteiger charge is 2.70. The lowest BCUT2D eigenvalue weighted by molar-refractivity contribution is -0.314. The van der Waals surface area contributed by atoms with Crippen molar-refractivity contribution >= 4 is 11.9 Å². The largest absolute Gasteiger partial charge is 0.481 e. The summed E-state index contributed by atoms with van der Waals surface area (Å²) >= 11 is 0. The van der Waals surface area contributed by atoms with Crippen LogP contribution in [0, 0.1) is 50.2 Å². The van der Waals surface area contributed by atoms with Crippen LogP contribution in [0.2, 0.25) is 0 Å². The Morgan fingerprint density at radius 1 is 0.957 bits per heavy atom. The lowest BCUT2D eigenvalue weighted by Crippen LogP contribution is -2.66. The third kappa shape index (κ3) is 4.79. The van der Waals surface area contributed by atoms with E-state index in [0.717, 1.165) is 57.8 Å². The van der Waals surface area contributed by atoms with Crippen molar-refractivity contribution in [3.63, 3.8) is 0 Å². The molecule has 1 saturated heterocycles. The normalized spacial score (nSPS) is 51.4. The lowest BCUT2D eigenvalue weighted by Gasteiger charge is -2.71. The molecule has 4 N–H and O–H groups in total. The van der Waals surface area contributed by atoms with Gasteiger partial charge in [0.1, 0.15) is 12.2 Å². The zero-order chi connectivity index (χ0) is 33.7. The molecule has 5 aliphatic carbocycles. The SMILES string of the molecule is CC(=O)OC1C(OC2CCC3(C)C(CCC4(C)C3CC=C3C5CC(C)(C)CCC5(C(=O)O)CCC34C)C2(C)CO)OCC(O)C1O. The number of carbonyl (C=O) groups is 2. The average molecular weight is 647 g/mol. The Hall–Kier alpha value is -1.52. The molecule has 13 atom stereocenters. The highest BCUT2D eigenvalue weighted by Crippen LogP contribution is 2.76. The molecule has 4 saturated carbocycles. The Labute approximate surface area is 274 Å². The van der Waals surface area contributed by atoms with Gasteiger partial charge in [0, 0.05) is 12.3 Å². The second-order valence-corrected chi connectivity index (χ2v) is 17.8. The fraction of sp³-hybridized carbons (Fsp3) is 0.892. The number of hydrogen-bond acceptors (Lipinski definition) is 8. The Kier molecular flexibility index (Phi) is 8.41. The number of aliphatic hydroxyl groups is 3. The van der Waals surface area contributed by atoms with Crippen LogP contribution >= 0.6 is 0 Å². The minimum absolute atomic E-state index is 0.00814. The summed E-state index contributed by atoms with van der Waals surface area (Å²) in [6.45, 7) is 15.1. The Bertz CT molecular complexity index is 1260. The van der Waals surface area contributed by atoms with E-state index < -0.39 is 53.5 Å². The maximum atomic E-state index is 13.0. The third-order valence-electron chi connectivity index (χ3n) is 15.2. The molecule has 46 heavy (non-hydrogen) atoms. The van der Waals surface area contributed by atoms with E-state index in [4.69, 9.17) is 14.2 Å². The number of ether oxygens (including phenoxy) is 3. The monoisotopic (exact) mass is 646 g/mol. The summed E-state index contributed by atoms with van der Waals surface area (Å²) in [5.74, 6) is -0.624. The van der Waals surface area contributed by atoms with E-state index in [1.165, 1.54) is 12.5 Å². The van der Waals surface area contributed by atoms with Gasteiger partial charge >= 0.3 is 11.9 Å². The fourth-order valence-electron chi connectivity index (χ4n) is 12.2. The van der Waals surface area contributed by atoms with E-state index in [2.05, 4.69) is 47.6 Å². The average Bonchev–Trinajstić information content (AvgIpc) is 2.98. The molecule has 13 unspecified atom stereocenters. The summed E-state index contributed by atoms with van der Waals surface area (Å²) in [5.41, 5.74) is 0.0770. The molecule has 0 spiro atoms. The molecule has 5 fully saturated rings. The lowest BCUT2D eigenvalue weighted by atomic mass is 9.33. The first-order valence-electron chi connectivity index (χ1n) is 17.7. The van der Waals surface area contributed by atoms with Crippen molar-refractivity contribution in [2.24, 2.45) is 50.2 Å². The molecule has 0 bridgehead atoms. The van der Waals surface area contributed by atoms with E-state index in [0.29, 0.717) is 12.3 Å². The van der Waals surface area contributed by atoms with Gasteiger partial charge in [-0.2, -0.15) is 0 Å². The van der Waals surface area contributed by atoms with Gasteiger partial charge in [-0.1, -0.05) is 53.2 Å². The van der Waals surface area contributed by atoms with Gasteiger partial charge in [-0.05, 0) is 104 Å². The molecule has 0 radical (unpaired) electrons. The van der Waals surface area contributed by atoms with Crippen molar-refractivity contribution in [1.82, 2.24) is 0 Å². The molecular formula is C37H58O9. The molecule has 1 heterocycles. The number of aliphatic carboxylic acids is 1. The molecule has 0 aromatic heterocycles. The number of esters is 1. The maximum Gasteiger partial charge on any atom is 0.310 e. The van der Waals surface area contributed by atoms with Crippen molar-refractivity contribution in [1.29, 1.82) is 0 Å². The van der Waals surface area contributed by atoms with Crippen LogP contribution in [0.3, 0.4) is 0 Å². The zero-order valence-electron chi connectivity index (χ0n) is 29.0. The van der Waals surface area contributed by atoms with Gasteiger partial charge in [0.2, 0.25) is 0 Å². The summed E-state index contributed by atoms with van der Waals surface area (Å²) < 4.78 is 17.7. The predicted molar refractivity (Wildman–Crippen MR) is 170 cm³/mol. The third-order valence-corrected chi connectivity index (χ3v) is 15.2. The van der Waals surface area contributed by atoms with E-state index in [-0.39, 0.29) is 46.7 Å². The number of rotatable bonds is 5. The van der Waals surface area contributed by atoms with Crippen LogP contribution in [-0.4, -0.2) is 76.3 Å².